The molecule has 33 heavy (non-hydrogen) atoms. The van der Waals surface area contributed by atoms with E-state index < -0.39 is 0 Å². The second-order valence-corrected chi connectivity index (χ2v) is 9.89. The van der Waals surface area contributed by atoms with E-state index in [4.69, 9.17) is 4.74 Å². The van der Waals surface area contributed by atoms with Crippen LogP contribution in [0.2, 0.25) is 0 Å². The molecule has 2 aromatic rings. The van der Waals surface area contributed by atoms with Crippen LogP contribution >= 0.6 is 0 Å². The van der Waals surface area contributed by atoms with Crippen molar-refractivity contribution in [1.29, 1.82) is 0 Å². The first-order valence-electron chi connectivity index (χ1n) is 11.7. The standard InChI is InChI=1S/C25H33N5O3/c1-25(2,3)24(32)29-15-11-21(12-16-29)33-20-8-6-19(7-9-20)27-23(31)18-10-14-30(17-18)22-5-4-13-26-28-22/h4-9,13,18,21H,10-12,14-17H2,1-3H3,(H,27,31)/t18-/m0/s1. The van der Waals surface area contributed by atoms with Crippen molar-refractivity contribution < 1.29 is 14.3 Å². The van der Waals surface area contributed by atoms with Crippen LogP contribution in [0.25, 0.3) is 0 Å². The summed E-state index contributed by atoms with van der Waals surface area (Å²) in [6, 6.07) is 11.3. The maximum absolute atomic E-state index is 12.7. The quantitative estimate of drug-likeness (QED) is 0.750. The van der Waals surface area contributed by atoms with E-state index in [0.29, 0.717) is 6.54 Å². The van der Waals surface area contributed by atoms with Crippen LogP contribution in [0.3, 0.4) is 0 Å². The van der Waals surface area contributed by atoms with Crippen LogP contribution in [0.15, 0.2) is 42.6 Å². The summed E-state index contributed by atoms with van der Waals surface area (Å²) >= 11 is 0. The van der Waals surface area contributed by atoms with E-state index in [1.807, 2.05) is 62.1 Å². The minimum atomic E-state index is -0.347. The number of nitrogens with one attached hydrogen (secondary N) is 1. The molecule has 0 bridgehead atoms. The van der Waals surface area contributed by atoms with Crippen LogP contribution in [-0.2, 0) is 9.59 Å². The zero-order valence-corrected chi connectivity index (χ0v) is 19.7. The second kappa shape index (κ2) is 9.77. The van der Waals surface area contributed by atoms with Crippen molar-refractivity contribution in [2.75, 3.05) is 36.4 Å². The van der Waals surface area contributed by atoms with E-state index in [1.165, 1.54) is 0 Å². The van der Waals surface area contributed by atoms with E-state index in [-0.39, 0.29) is 29.3 Å². The van der Waals surface area contributed by atoms with Gasteiger partial charge in [0.25, 0.3) is 0 Å². The van der Waals surface area contributed by atoms with E-state index in [0.717, 1.165) is 56.2 Å². The highest BCUT2D eigenvalue weighted by Gasteiger charge is 2.31. The lowest BCUT2D eigenvalue weighted by Gasteiger charge is -2.35. The van der Waals surface area contributed by atoms with Gasteiger partial charge in [0.05, 0.1) is 5.92 Å². The first kappa shape index (κ1) is 23.0. The number of ether oxygens (including phenoxy) is 1. The number of anilines is 2. The van der Waals surface area contributed by atoms with Gasteiger partial charge in [-0.05, 0) is 42.8 Å². The third-order valence-electron chi connectivity index (χ3n) is 6.24. The Morgan fingerprint density at radius 1 is 1.03 bits per heavy atom. The lowest BCUT2D eigenvalue weighted by atomic mass is 9.93. The molecule has 0 aliphatic carbocycles. The minimum absolute atomic E-state index is 0.0194. The van der Waals surface area contributed by atoms with Gasteiger partial charge in [-0.3, -0.25) is 9.59 Å². The average Bonchev–Trinajstić information content (AvgIpc) is 3.31. The van der Waals surface area contributed by atoms with Crippen molar-refractivity contribution >= 4 is 23.3 Å². The van der Waals surface area contributed by atoms with Gasteiger partial charge in [0.15, 0.2) is 5.82 Å². The molecule has 0 spiro atoms. The molecule has 176 valence electrons. The summed E-state index contributed by atoms with van der Waals surface area (Å²) in [5.74, 6) is 1.73. The Kier molecular flexibility index (Phi) is 6.81. The van der Waals surface area contributed by atoms with Crippen LogP contribution in [-0.4, -0.2) is 59.2 Å². The summed E-state index contributed by atoms with van der Waals surface area (Å²) in [6.45, 7) is 8.76. The predicted molar refractivity (Wildman–Crippen MR) is 127 cm³/mol. The van der Waals surface area contributed by atoms with Gasteiger partial charge >= 0.3 is 0 Å². The fourth-order valence-electron chi connectivity index (χ4n) is 4.35. The van der Waals surface area contributed by atoms with Crippen molar-refractivity contribution in [2.45, 2.75) is 46.1 Å². The molecule has 4 rings (SSSR count). The van der Waals surface area contributed by atoms with Gasteiger partial charge in [0, 0.05) is 56.3 Å². The summed E-state index contributed by atoms with van der Waals surface area (Å²) in [5.41, 5.74) is 0.413. The lowest BCUT2D eigenvalue weighted by molar-refractivity contribution is -0.141. The molecule has 8 nitrogen and oxygen atoms in total. The number of likely N-dealkylation sites (tertiary alicyclic amines) is 1. The average molecular weight is 452 g/mol. The molecule has 1 aromatic heterocycles. The Morgan fingerprint density at radius 2 is 1.76 bits per heavy atom. The normalized spacial score (nSPS) is 19.4. The SMILES string of the molecule is CC(C)(C)C(=O)N1CCC(Oc2ccc(NC(=O)[C@H]3CCN(c4cccnn4)C3)cc2)CC1. The Hall–Kier alpha value is -3.16. The largest absolute Gasteiger partial charge is 0.490 e. The van der Waals surface area contributed by atoms with Gasteiger partial charge in [-0.2, -0.15) is 5.10 Å². The number of benzene rings is 1. The molecule has 2 fully saturated rings. The van der Waals surface area contributed by atoms with E-state index in [2.05, 4.69) is 20.4 Å². The molecule has 1 atom stereocenters. The summed E-state index contributed by atoms with van der Waals surface area (Å²) in [6.07, 6.45) is 4.18. The highest BCUT2D eigenvalue weighted by Crippen LogP contribution is 2.26. The number of nitrogens with zero attached hydrogens (tertiary/aromatic N) is 4. The fraction of sp³-hybridized carbons (Fsp3) is 0.520. The fourth-order valence-corrected chi connectivity index (χ4v) is 4.35. The van der Waals surface area contributed by atoms with Crippen molar-refractivity contribution in [3.8, 4) is 5.75 Å². The molecule has 2 aliphatic heterocycles. The Balaban J connectivity index is 1.24. The van der Waals surface area contributed by atoms with Gasteiger partial charge in [-0.15, -0.1) is 5.10 Å². The molecule has 8 heteroatoms. The third-order valence-corrected chi connectivity index (χ3v) is 6.24. The van der Waals surface area contributed by atoms with Crippen molar-refractivity contribution in [2.24, 2.45) is 11.3 Å². The maximum atomic E-state index is 12.7. The first-order valence-corrected chi connectivity index (χ1v) is 11.7. The minimum Gasteiger partial charge on any atom is -0.490 e. The predicted octanol–water partition coefficient (Wildman–Crippen LogP) is 3.36. The van der Waals surface area contributed by atoms with Gasteiger partial charge in [0.1, 0.15) is 11.9 Å². The number of carbonyl (C=O) groups excluding carboxylic acids is 2. The molecule has 0 radical (unpaired) electrons. The highest BCUT2D eigenvalue weighted by atomic mass is 16.5. The Morgan fingerprint density at radius 3 is 2.39 bits per heavy atom. The van der Waals surface area contributed by atoms with E-state index in [9.17, 15) is 9.59 Å². The number of rotatable bonds is 5. The van der Waals surface area contributed by atoms with Crippen molar-refractivity contribution in [3.63, 3.8) is 0 Å². The molecule has 2 amide bonds. The summed E-state index contributed by atoms with van der Waals surface area (Å²) < 4.78 is 6.12. The molecule has 1 N–H and O–H groups in total. The van der Waals surface area contributed by atoms with Crippen molar-refractivity contribution in [1.82, 2.24) is 15.1 Å². The molecule has 2 aliphatic rings. The lowest BCUT2D eigenvalue weighted by Crippen LogP contribution is -2.46. The molecule has 0 unspecified atom stereocenters. The summed E-state index contributed by atoms with van der Waals surface area (Å²) in [7, 11) is 0. The molecule has 1 aromatic carbocycles. The molecule has 3 heterocycles. The van der Waals surface area contributed by atoms with Crippen LogP contribution < -0.4 is 15.0 Å². The first-order chi connectivity index (χ1) is 15.8. The van der Waals surface area contributed by atoms with Crippen LogP contribution in [0, 0.1) is 11.3 Å². The zero-order chi connectivity index (χ0) is 23.4. The van der Waals surface area contributed by atoms with Gasteiger partial charge < -0.3 is 19.9 Å². The van der Waals surface area contributed by atoms with Gasteiger partial charge in [0.2, 0.25) is 11.8 Å². The Labute approximate surface area is 195 Å². The maximum Gasteiger partial charge on any atom is 0.229 e. The highest BCUT2D eigenvalue weighted by molar-refractivity contribution is 5.93. The second-order valence-electron chi connectivity index (χ2n) is 9.89. The third kappa shape index (κ3) is 5.80. The van der Waals surface area contributed by atoms with Gasteiger partial charge in [-0.25, -0.2) is 0 Å². The number of amides is 2. The van der Waals surface area contributed by atoms with E-state index >= 15 is 0 Å². The monoisotopic (exact) mass is 451 g/mol. The topological polar surface area (TPSA) is 87.7 Å². The smallest absolute Gasteiger partial charge is 0.229 e. The summed E-state index contributed by atoms with van der Waals surface area (Å²) in [5, 5.41) is 11.1. The van der Waals surface area contributed by atoms with Crippen LogP contribution in [0.1, 0.15) is 40.0 Å². The molecule has 2 saturated heterocycles. The van der Waals surface area contributed by atoms with Crippen LogP contribution in [0.5, 0.6) is 5.75 Å². The molecular formula is C25H33N5O3. The van der Waals surface area contributed by atoms with E-state index in [1.54, 1.807) is 6.20 Å². The number of hydrogen-bond donors (Lipinski definition) is 1. The zero-order valence-electron chi connectivity index (χ0n) is 19.7. The molecule has 0 saturated carbocycles. The van der Waals surface area contributed by atoms with Crippen LogP contribution in [0.4, 0.5) is 11.5 Å². The number of carbonyl (C=O) groups is 2. The van der Waals surface area contributed by atoms with Gasteiger partial charge in [-0.1, -0.05) is 20.8 Å². The Bertz CT molecular complexity index is 950. The van der Waals surface area contributed by atoms with Crippen molar-refractivity contribution in [3.05, 3.63) is 42.6 Å². The number of piperidine rings is 1. The summed E-state index contributed by atoms with van der Waals surface area (Å²) in [4.78, 5) is 29.2. The number of hydrogen-bond acceptors (Lipinski definition) is 6. The number of aromatic nitrogens is 2. The molecular weight excluding hydrogens is 418 g/mol.